The molecule has 1 aliphatic rings. The van der Waals surface area contributed by atoms with Crippen LogP contribution in [0, 0.1) is 11.7 Å². The fourth-order valence-corrected chi connectivity index (χ4v) is 2.71. The maximum atomic E-state index is 13.2. The second-order valence-corrected chi connectivity index (χ2v) is 5.87. The molecule has 1 amide bonds. The third kappa shape index (κ3) is 4.30. The number of hydrogen-bond acceptors (Lipinski definition) is 2. The van der Waals surface area contributed by atoms with Crippen LogP contribution in [0.15, 0.2) is 24.3 Å². The van der Waals surface area contributed by atoms with E-state index in [0.29, 0.717) is 6.54 Å². The molecule has 20 heavy (non-hydrogen) atoms. The van der Waals surface area contributed by atoms with Crippen LogP contribution < -0.4 is 5.32 Å². The lowest BCUT2D eigenvalue weighted by atomic mass is 9.96. The van der Waals surface area contributed by atoms with E-state index in [1.54, 1.807) is 12.1 Å². The minimum absolute atomic E-state index is 0.0553. The number of halogens is 1. The largest absolute Gasteiger partial charge is 0.354 e. The number of nitrogens with zero attached hydrogens (tertiary/aromatic N) is 1. The second-order valence-electron chi connectivity index (χ2n) is 5.87. The van der Waals surface area contributed by atoms with Gasteiger partial charge in [0.15, 0.2) is 0 Å². The van der Waals surface area contributed by atoms with Crippen molar-refractivity contribution in [2.75, 3.05) is 13.1 Å². The van der Waals surface area contributed by atoms with Crippen LogP contribution in [0.2, 0.25) is 0 Å². The van der Waals surface area contributed by atoms with E-state index in [-0.39, 0.29) is 23.7 Å². The van der Waals surface area contributed by atoms with Crippen molar-refractivity contribution in [1.29, 1.82) is 0 Å². The molecule has 0 unspecified atom stereocenters. The molecule has 1 aliphatic heterocycles. The Morgan fingerprint density at radius 3 is 3.00 bits per heavy atom. The normalized spacial score (nSPS) is 20.1. The van der Waals surface area contributed by atoms with E-state index in [9.17, 15) is 9.18 Å². The van der Waals surface area contributed by atoms with E-state index >= 15 is 0 Å². The maximum absolute atomic E-state index is 13.2. The van der Waals surface area contributed by atoms with E-state index in [4.69, 9.17) is 0 Å². The third-order valence-corrected chi connectivity index (χ3v) is 3.60. The van der Waals surface area contributed by atoms with E-state index in [0.717, 1.165) is 31.5 Å². The van der Waals surface area contributed by atoms with Gasteiger partial charge in [-0.1, -0.05) is 12.1 Å². The van der Waals surface area contributed by atoms with Crippen LogP contribution in [-0.4, -0.2) is 29.9 Å². The first-order chi connectivity index (χ1) is 9.54. The first kappa shape index (κ1) is 15.0. The summed E-state index contributed by atoms with van der Waals surface area (Å²) in [7, 11) is 0. The Kier molecular flexibility index (Phi) is 5.12. The van der Waals surface area contributed by atoms with Gasteiger partial charge in [-0.05, 0) is 50.9 Å². The smallest absolute Gasteiger partial charge is 0.224 e. The van der Waals surface area contributed by atoms with Gasteiger partial charge in [0.1, 0.15) is 5.82 Å². The Balaban J connectivity index is 1.92. The molecule has 1 heterocycles. The van der Waals surface area contributed by atoms with Crippen molar-refractivity contribution in [2.24, 2.45) is 5.92 Å². The Labute approximate surface area is 120 Å². The molecular formula is C16H23FN2O. The molecule has 110 valence electrons. The number of piperidine rings is 1. The Bertz CT molecular complexity index is 462. The van der Waals surface area contributed by atoms with Gasteiger partial charge in [0, 0.05) is 19.1 Å². The molecule has 1 saturated heterocycles. The number of carbonyl (C=O) groups excluding carboxylic acids is 1. The first-order valence-electron chi connectivity index (χ1n) is 7.32. The summed E-state index contributed by atoms with van der Waals surface area (Å²) in [5.74, 6) is -0.00254. The Morgan fingerprint density at radius 1 is 1.50 bits per heavy atom. The van der Waals surface area contributed by atoms with Gasteiger partial charge in [0.2, 0.25) is 5.91 Å². The Hall–Kier alpha value is -1.42. The fourth-order valence-electron chi connectivity index (χ4n) is 2.71. The maximum Gasteiger partial charge on any atom is 0.224 e. The lowest BCUT2D eigenvalue weighted by Crippen LogP contribution is -2.44. The highest BCUT2D eigenvalue weighted by Gasteiger charge is 2.25. The second kappa shape index (κ2) is 6.84. The monoisotopic (exact) mass is 278 g/mol. The quantitative estimate of drug-likeness (QED) is 0.918. The lowest BCUT2D eigenvalue weighted by molar-refractivity contribution is -0.127. The van der Waals surface area contributed by atoms with Crippen molar-refractivity contribution in [3.8, 4) is 0 Å². The average Bonchev–Trinajstić information content (AvgIpc) is 2.38. The zero-order valence-electron chi connectivity index (χ0n) is 12.2. The number of hydrogen-bond donors (Lipinski definition) is 1. The molecule has 0 spiro atoms. The molecule has 0 bridgehead atoms. The summed E-state index contributed by atoms with van der Waals surface area (Å²) in [6.07, 6.45) is 1.96. The topological polar surface area (TPSA) is 32.3 Å². The van der Waals surface area contributed by atoms with Crippen molar-refractivity contribution in [3.63, 3.8) is 0 Å². The molecule has 2 rings (SSSR count). The van der Waals surface area contributed by atoms with Gasteiger partial charge < -0.3 is 5.32 Å². The van der Waals surface area contributed by atoms with E-state index in [1.165, 1.54) is 6.07 Å². The standard InChI is InChI=1S/C16H23FN2O/c1-12(2)18-16(20)14-6-4-8-19(11-14)10-13-5-3-7-15(17)9-13/h3,5,7,9,12,14H,4,6,8,10-11H2,1-2H3,(H,18,20)/t14-/m1/s1. The predicted octanol–water partition coefficient (Wildman–Crippen LogP) is 2.56. The highest BCUT2D eigenvalue weighted by Crippen LogP contribution is 2.19. The van der Waals surface area contributed by atoms with Crippen molar-refractivity contribution < 1.29 is 9.18 Å². The molecule has 0 radical (unpaired) electrons. The van der Waals surface area contributed by atoms with Crippen LogP contribution in [0.25, 0.3) is 0 Å². The minimum Gasteiger partial charge on any atom is -0.354 e. The molecule has 4 heteroatoms. The molecule has 0 aromatic heterocycles. The SMILES string of the molecule is CC(C)NC(=O)[C@@H]1CCCN(Cc2cccc(F)c2)C1. The van der Waals surface area contributed by atoms with Crippen molar-refractivity contribution in [1.82, 2.24) is 10.2 Å². The van der Waals surface area contributed by atoms with Crippen molar-refractivity contribution in [3.05, 3.63) is 35.6 Å². The van der Waals surface area contributed by atoms with Crippen molar-refractivity contribution >= 4 is 5.91 Å². The van der Waals surface area contributed by atoms with Crippen LogP contribution in [0.1, 0.15) is 32.3 Å². The number of benzene rings is 1. The molecule has 3 nitrogen and oxygen atoms in total. The highest BCUT2D eigenvalue weighted by atomic mass is 19.1. The number of nitrogens with one attached hydrogen (secondary N) is 1. The fraction of sp³-hybridized carbons (Fsp3) is 0.562. The Morgan fingerprint density at radius 2 is 2.30 bits per heavy atom. The molecule has 0 saturated carbocycles. The summed E-state index contributed by atoms with van der Waals surface area (Å²) >= 11 is 0. The molecule has 1 aromatic rings. The number of amides is 1. The highest BCUT2D eigenvalue weighted by molar-refractivity contribution is 5.79. The molecule has 1 atom stereocenters. The van der Waals surface area contributed by atoms with Gasteiger partial charge in [-0.15, -0.1) is 0 Å². The predicted molar refractivity (Wildman–Crippen MR) is 77.7 cm³/mol. The van der Waals surface area contributed by atoms with E-state index in [2.05, 4.69) is 10.2 Å². The summed E-state index contributed by atoms with van der Waals surface area (Å²) in [5.41, 5.74) is 0.968. The summed E-state index contributed by atoms with van der Waals surface area (Å²) < 4.78 is 13.2. The molecule has 0 aliphatic carbocycles. The van der Waals surface area contributed by atoms with Crippen LogP contribution in [-0.2, 0) is 11.3 Å². The summed E-state index contributed by atoms with van der Waals surface area (Å²) in [5, 5.41) is 2.98. The zero-order chi connectivity index (χ0) is 14.5. The van der Waals surface area contributed by atoms with Gasteiger partial charge in [0.05, 0.1) is 5.92 Å². The van der Waals surface area contributed by atoms with Crippen LogP contribution >= 0.6 is 0 Å². The molecule has 1 N–H and O–H groups in total. The number of likely N-dealkylation sites (tertiary alicyclic amines) is 1. The number of carbonyl (C=O) groups is 1. The first-order valence-corrected chi connectivity index (χ1v) is 7.32. The third-order valence-electron chi connectivity index (χ3n) is 3.60. The summed E-state index contributed by atoms with van der Waals surface area (Å²) in [6.45, 7) is 6.40. The number of rotatable bonds is 4. The van der Waals surface area contributed by atoms with E-state index < -0.39 is 0 Å². The average molecular weight is 278 g/mol. The van der Waals surface area contributed by atoms with Gasteiger partial charge >= 0.3 is 0 Å². The zero-order valence-corrected chi connectivity index (χ0v) is 12.2. The van der Waals surface area contributed by atoms with Crippen LogP contribution in [0.3, 0.4) is 0 Å². The van der Waals surface area contributed by atoms with Gasteiger partial charge in [0.25, 0.3) is 0 Å². The molecule has 1 aromatic carbocycles. The minimum atomic E-state index is -0.200. The van der Waals surface area contributed by atoms with E-state index in [1.807, 2.05) is 19.9 Å². The lowest BCUT2D eigenvalue weighted by Gasteiger charge is -2.32. The molecular weight excluding hydrogens is 255 g/mol. The van der Waals surface area contributed by atoms with Gasteiger partial charge in [-0.3, -0.25) is 9.69 Å². The van der Waals surface area contributed by atoms with Crippen molar-refractivity contribution in [2.45, 2.75) is 39.3 Å². The van der Waals surface area contributed by atoms with Gasteiger partial charge in [-0.25, -0.2) is 4.39 Å². The van der Waals surface area contributed by atoms with Gasteiger partial charge in [-0.2, -0.15) is 0 Å². The summed E-state index contributed by atoms with van der Waals surface area (Å²) in [4.78, 5) is 14.3. The van der Waals surface area contributed by atoms with Crippen LogP contribution in [0.4, 0.5) is 4.39 Å². The molecule has 1 fully saturated rings. The summed E-state index contributed by atoms with van der Waals surface area (Å²) in [6, 6.07) is 6.87. The van der Waals surface area contributed by atoms with Crippen LogP contribution in [0.5, 0.6) is 0 Å².